The maximum absolute atomic E-state index is 13.0. The molecule has 0 spiro atoms. The van der Waals surface area contributed by atoms with Gasteiger partial charge in [0, 0.05) is 50.2 Å². The average molecular weight is 540 g/mol. The molecule has 200 valence electrons. The Labute approximate surface area is 213 Å². The standard InChI is InChI=1S/C25H28F3N3O5S/c1-3-37(34,35)30-14-20-15-31(16-22(20)36-2)24(33)19-8-4-17(5-9-19)12-23(32)29-13-18-6-10-21(11-7-18)25(26,27)28/h3-11,20,22,30H,1,12-16H2,2H3,(H,29,32). The summed E-state index contributed by atoms with van der Waals surface area (Å²) in [4.78, 5) is 26.8. The fourth-order valence-electron chi connectivity index (χ4n) is 3.96. The molecule has 0 radical (unpaired) electrons. The fourth-order valence-corrected chi connectivity index (χ4v) is 4.52. The molecule has 0 saturated carbocycles. The SMILES string of the molecule is C=CS(=O)(=O)NCC1CN(C(=O)c2ccc(CC(=O)NCc3ccc(C(F)(F)F)cc3)cc2)CC1OC. The predicted molar refractivity (Wildman–Crippen MR) is 131 cm³/mol. The van der Waals surface area contributed by atoms with E-state index in [1.807, 2.05) is 0 Å². The summed E-state index contributed by atoms with van der Waals surface area (Å²) in [6.45, 7) is 4.07. The molecule has 37 heavy (non-hydrogen) atoms. The van der Waals surface area contributed by atoms with Crippen LogP contribution in [-0.4, -0.2) is 58.0 Å². The van der Waals surface area contributed by atoms with E-state index in [2.05, 4.69) is 16.6 Å². The average Bonchev–Trinajstić information content (AvgIpc) is 3.29. The zero-order chi connectivity index (χ0) is 27.2. The normalized spacial score (nSPS) is 18.0. The molecule has 2 amide bonds. The van der Waals surface area contributed by atoms with Crippen LogP contribution in [0.4, 0.5) is 13.2 Å². The quantitative estimate of drug-likeness (QED) is 0.483. The molecule has 2 unspecified atom stereocenters. The maximum Gasteiger partial charge on any atom is 0.416 e. The first kappa shape index (κ1) is 28.4. The van der Waals surface area contributed by atoms with Gasteiger partial charge in [0.15, 0.2) is 0 Å². The first-order valence-electron chi connectivity index (χ1n) is 11.4. The Balaban J connectivity index is 1.52. The topological polar surface area (TPSA) is 105 Å². The highest BCUT2D eigenvalue weighted by atomic mass is 32.2. The zero-order valence-corrected chi connectivity index (χ0v) is 20.9. The van der Waals surface area contributed by atoms with E-state index in [1.165, 1.54) is 19.2 Å². The molecule has 2 atom stereocenters. The second kappa shape index (κ2) is 11.9. The van der Waals surface area contributed by atoms with Crippen molar-refractivity contribution in [1.82, 2.24) is 14.9 Å². The first-order valence-corrected chi connectivity index (χ1v) is 12.9. The number of carbonyl (C=O) groups is 2. The van der Waals surface area contributed by atoms with Crippen LogP contribution in [0.5, 0.6) is 0 Å². The first-order chi connectivity index (χ1) is 17.4. The molecule has 1 saturated heterocycles. The summed E-state index contributed by atoms with van der Waals surface area (Å²) < 4.78 is 69.1. The molecule has 3 rings (SSSR count). The Morgan fingerprint density at radius 2 is 1.70 bits per heavy atom. The molecule has 12 heteroatoms. The second-order valence-corrected chi connectivity index (χ2v) is 10.4. The molecule has 1 aliphatic rings. The summed E-state index contributed by atoms with van der Waals surface area (Å²) in [5.74, 6) is -0.781. The van der Waals surface area contributed by atoms with Crippen molar-refractivity contribution in [2.75, 3.05) is 26.7 Å². The van der Waals surface area contributed by atoms with E-state index in [-0.39, 0.29) is 43.3 Å². The second-order valence-electron chi connectivity index (χ2n) is 8.65. The van der Waals surface area contributed by atoms with Crippen LogP contribution in [0.2, 0.25) is 0 Å². The third kappa shape index (κ3) is 7.88. The van der Waals surface area contributed by atoms with Crippen LogP contribution in [0, 0.1) is 5.92 Å². The van der Waals surface area contributed by atoms with Gasteiger partial charge in [-0.2, -0.15) is 13.2 Å². The lowest BCUT2D eigenvalue weighted by molar-refractivity contribution is -0.137. The number of methoxy groups -OCH3 is 1. The van der Waals surface area contributed by atoms with E-state index in [4.69, 9.17) is 4.74 Å². The highest BCUT2D eigenvalue weighted by molar-refractivity contribution is 7.92. The Kier molecular flexibility index (Phi) is 9.11. The van der Waals surface area contributed by atoms with Crippen molar-refractivity contribution in [2.24, 2.45) is 5.92 Å². The van der Waals surface area contributed by atoms with Crippen LogP contribution in [0.3, 0.4) is 0 Å². The van der Waals surface area contributed by atoms with Gasteiger partial charge in [-0.15, -0.1) is 0 Å². The van der Waals surface area contributed by atoms with Crippen molar-refractivity contribution in [3.63, 3.8) is 0 Å². The lowest BCUT2D eigenvalue weighted by Crippen LogP contribution is -2.34. The van der Waals surface area contributed by atoms with Crippen LogP contribution in [-0.2, 0) is 38.7 Å². The number of halogens is 3. The fraction of sp³-hybridized carbons (Fsp3) is 0.360. The van der Waals surface area contributed by atoms with Crippen molar-refractivity contribution in [3.05, 3.63) is 82.8 Å². The van der Waals surface area contributed by atoms with E-state index in [0.29, 0.717) is 29.8 Å². The largest absolute Gasteiger partial charge is 0.416 e. The van der Waals surface area contributed by atoms with E-state index in [1.54, 1.807) is 29.2 Å². The summed E-state index contributed by atoms with van der Waals surface area (Å²) in [6, 6.07) is 11.1. The van der Waals surface area contributed by atoms with Gasteiger partial charge in [0.1, 0.15) is 0 Å². The molecule has 1 aliphatic heterocycles. The molecule has 2 aromatic carbocycles. The monoisotopic (exact) mass is 539 g/mol. The van der Waals surface area contributed by atoms with Crippen molar-refractivity contribution in [1.29, 1.82) is 0 Å². The van der Waals surface area contributed by atoms with Gasteiger partial charge in [-0.05, 0) is 35.4 Å². The third-order valence-corrected chi connectivity index (χ3v) is 7.08. The Hall–Kier alpha value is -3.22. The van der Waals surface area contributed by atoms with Crippen LogP contribution in [0.15, 0.2) is 60.5 Å². The lowest BCUT2D eigenvalue weighted by atomic mass is 10.1. The minimum absolute atomic E-state index is 0.0378. The number of carbonyl (C=O) groups excluding carboxylic acids is 2. The summed E-state index contributed by atoms with van der Waals surface area (Å²) in [5.41, 5.74) is 0.861. The summed E-state index contributed by atoms with van der Waals surface area (Å²) >= 11 is 0. The lowest BCUT2D eigenvalue weighted by Gasteiger charge is -2.16. The number of nitrogens with zero attached hydrogens (tertiary/aromatic N) is 1. The van der Waals surface area contributed by atoms with E-state index < -0.39 is 21.8 Å². The molecule has 1 heterocycles. The summed E-state index contributed by atoms with van der Waals surface area (Å²) in [5, 5.41) is 3.49. The van der Waals surface area contributed by atoms with Gasteiger partial charge in [-0.25, -0.2) is 13.1 Å². The molecule has 2 N–H and O–H groups in total. The van der Waals surface area contributed by atoms with Gasteiger partial charge in [-0.1, -0.05) is 30.8 Å². The van der Waals surface area contributed by atoms with Crippen LogP contribution >= 0.6 is 0 Å². The molecule has 0 aromatic heterocycles. The van der Waals surface area contributed by atoms with Gasteiger partial charge >= 0.3 is 6.18 Å². The predicted octanol–water partition coefficient (Wildman–Crippen LogP) is 2.71. The van der Waals surface area contributed by atoms with E-state index in [9.17, 15) is 31.2 Å². The Morgan fingerprint density at radius 3 is 2.27 bits per heavy atom. The minimum Gasteiger partial charge on any atom is -0.379 e. The molecule has 0 bridgehead atoms. The van der Waals surface area contributed by atoms with Crippen LogP contribution < -0.4 is 10.0 Å². The highest BCUT2D eigenvalue weighted by Crippen LogP contribution is 2.29. The van der Waals surface area contributed by atoms with Crippen molar-refractivity contribution < 1.29 is 35.9 Å². The summed E-state index contributed by atoms with van der Waals surface area (Å²) in [6.07, 6.45) is -4.71. The number of hydrogen-bond acceptors (Lipinski definition) is 5. The van der Waals surface area contributed by atoms with Gasteiger partial charge in [0.2, 0.25) is 15.9 Å². The van der Waals surface area contributed by atoms with Crippen LogP contribution in [0.1, 0.15) is 27.0 Å². The van der Waals surface area contributed by atoms with Gasteiger partial charge in [0.25, 0.3) is 5.91 Å². The Bertz CT molecular complexity index is 1220. The summed E-state index contributed by atoms with van der Waals surface area (Å²) in [7, 11) is -2.08. The van der Waals surface area contributed by atoms with Crippen molar-refractivity contribution in [3.8, 4) is 0 Å². The molecule has 1 fully saturated rings. The van der Waals surface area contributed by atoms with E-state index in [0.717, 1.165) is 17.5 Å². The number of rotatable bonds is 10. The number of amides is 2. The molecule has 8 nitrogen and oxygen atoms in total. The smallest absolute Gasteiger partial charge is 0.379 e. The number of hydrogen-bond donors (Lipinski definition) is 2. The zero-order valence-electron chi connectivity index (χ0n) is 20.1. The van der Waals surface area contributed by atoms with Crippen LogP contribution in [0.25, 0.3) is 0 Å². The maximum atomic E-state index is 13.0. The number of likely N-dealkylation sites (tertiary alicyclic amines) is 1. The minimum atomic E-state index is -4.41. The number of ether oxygens (including phenoxy) is 1. The highest BCUT2D eigenvalue weighted by Gasteiger charge is 2.36. The molecule has 2 aromatic rings. The van der Waals surface area contributed by atoms with Gasteiger partial charge < -0.3 is 15.0 Å². The van der Waals surface area contributed by atoms with E-state index >= 15 is 0 Å². The van der Waals surface area contributed by atoms with Gasteiger partial charge in [-0.3, -0.25) is 9.59 Å². The number of alkyl halides is 3. The van der Waals surface area contributed by atoms with Crippen molar-refractivity contribution in [2.45, 2.75) is 25.2 Å². The van der Waals surface area contributed by atoms with Crippen molar-refractivity contribution >= 4 is 21.8 Å². The third-order valence-electron chi connectivity index (χ3n) is 6.07. The number of nitrogens with one attached hydrogen (secondary N) is 2. The van der Waals surface area contributed by atoms with Gasteiger partial charge in [0.05, 0.1) is 18.1 Å². The number of benzene rings is 2. The Morgan fingerprint density at radius 1 is 1.08 bits per heavy atom. The molecule has 0 aliphatic carbocycles. The number of sulfonamides is 1. The molecular weight excluding hydrogens is 511 g/mol. The molecular formula is C25H28F3N3O5S.